The largest absolute Gasteiger partial charge is 0.496 e. The number of halogens is 1. The van der Waals surface area contributed by atoms with Gasteiger partial charge in [0.15, 0.2) is 0 Å². The number of methoxy groups -OCH3 is 1. The molecule has 0 aliphatic heterocycles. The van der Waals surface area contributed by atoms with Crippen LogP contribution in [0.15, 0.2) is 12.1 Å². The third-order valence-corrected chi connectivity index (χ3v) is 2.35. The van der Waals surface area contributed by atoms with Gasteiger partial charge in [0.25, 0.3) is 0 Å². The molecule has 1 aromatic rings. The number of aliphatic carboxylic acids is 1. The Hall–Kier alpha value is -1.58. The molecule has 0 saturated carbocycles. The van der Waals surface area contributed by atoms with Crippen molar-refractivity contribution in [2.45, 2.75) is 19.8 Å². The Morgan fingerprint density at radius 2 is 2.13 bits per heavy atom. The summed E-state index contributed by atoms with van der Waals surface area (Å²) in [6.07, 6.45) is 0. The summed E-state index contributed by atoms with van der Waals surface area (Å²) >= 11 is 0. The Bertz CT molecular complexity index is 388. The van der Waals surface area contributed by atoms with Crippen molar-refractivity contribution in [1.29, 1.82) is 0 Å². The first-order chi connectivity index (χ1) is 6.97. The molecule has 0 bridgehead atoms. The van der Waals surface area contributed by atoms with Crippen LogP contribution in [0.2, 0.25) is 0 Å². The van der Waals surface area contributed by atoms with Crippen LogP contribution in [0.4, 0.5) is 4.39 Å². The van der Waals surface area contributed by atoms with E-state index < -0.39 is 17.7 Å². The lowest BCUT2D eigenvalue weighted by Gasteiger charge is -2.11. The van der Waals surface area contributed by atoms with E-state index in [0.717, 1.165) is 5.56 Å². The molecule has 1 aromatic carbocycles. The average Bonchev–Trinajstić information content (AvgIpc) is 2.19. The lowest BCUT2D eigenvalue weighted by Crippen LogP contribution is -2.10. The second-order valence-electron chi connectivity index (χ2n) is 3.40. The van der Waals surface area contributed by atoms with Crippen LogP contribution in [0.1, 0.15) is 24.0 Å². The zero-order valence-electron chi connectivity index (χ0n) is 8.87. The molecule has 15 heavy (non-hydrogen) atoms. The van der Waals surface area contributed by atoms with Gasteiger partial charge in [-0.25, -0.2) is 4.39 Å². The molecule has 0 aromatic heterocycles. The fourth-order valence-electron chi connectivity index (χ4n) is 1.37. The first kappa shape index (κ1) is 11.5. The van der Waals surface area contributed by atoms with Gasteiger partial charge in [-0.1, -0.05) is 0 Å². The van der Waals surface area contributed by atoms with E-state index in [1.807, 2.05) is 0 Å². The van der Waals surface area contributed by atoms with Crippen molar-refractivity contribution in [2.75, 3.05) is 7.11 Å². The maximum Gasteiger partial charge on any atom is 0.310 e. The summed E-state index contributed by atoms with van der Waals surface area (Å²) in [6.45, 7) is 3.20. The molecule has 82 valence electrons. The zero-order chi connectivity index (χ0) is 11.6. The predicted molar refractivity (Wildman–Crippen MR) is 53.7 cm³/mol. The molecule has 0 aliphatic rings. The Morgan fingerprint density at radius 3 is 2.60 bits per heavy atom. The van der Waals surface area contributed by atoms with Crippen molar-refractivity contribution in [3.8, 4) is 5.75 Å². The first-order valence-electron chi connectivity index (χ1n) is 4.54. The summed E-state index contributed by atoms with van der Waals surface area (Å²) < 4.78 is 18.4. The van der Waals surface area contributed by atoms with Gasteiger partial charge >= 0.3 is 5.97 Å². The molecule has 4 heteroatoms. The standard InChI is InChI=1S/C11H13FO3/c1-6-4-8(7(2)11(13)14)9(12)5-10(6)15-3/h4-5,7H,1-3H3,(H,13,14). The van der Waals surface area contributed by atoms with Crippen LogP contribution < -0.4 is 4.74 Å². The molecule has 1 unspecified atom stereocenters. The van der Waals surface area contributed by atoms with Gasteiger partial charge in [0, 0.05) is 11.6 Å². The van der Waals surface area contributed by atoms with E-state index in [0.29, 0.717) is 5.75 Å². The minimum atomic E-state index is -1.04. The highest BCUT2D eigenvalue weighted by Crippen LogP contribution is 2.26. The highest BCUT2D eigenvalue weighted by Gasteiger charge is 2.19. The van der Waals surface area contributed by atoms with Crippen LogP contribution in [-0.2, 0) is 4.79 Å². The van der Waals surface area contributed by atoms with Gasteiger partial charge in [0.1, 0.15) is 11.6 Å². The fourth-order valence-corrected chi connectivity index (χ4v) is 1.37. The second kappa shape index (κ2) is 4.29. The number of rotatable bonds is 3. The number of hydrogen-bond acceptors (Lipinski definition) is 2. The van der Waals surface area contributed by atoms with Gasteiger partial charge in [-0.05, 0) is 25.5 Å². The number of carboxylic acid groups (broad SMARTS) is 1. The van der Waals surface area contributed by atoms with Crippen LogP contribution in [0.25, 0.3) is 0 Å². The molecular formula is C11H13FO3. The zero-order valence-corrected chi connectivity index (χ0v) is 8.87. The Morgan fingerprint density at radius 1 is 1.53 bits per heavy atom. The van der Waals surface area contributed by atoms with Gasteiger partial charge in [-0.2, -0.15) is 0 Å². The quantitative estimate of drug-likeness (QED) is 0.836. The number of carboxylic acids is 1. The lowest BCUT2D eigenvalue weighted by molar-refractivity contribution is -0.138. The molecule has 0 amide bonds. The van der Waals surface area contributed by atoms with E-state index >= 15 is 0 Å². The Labute approximate surface area is 87.5 Å². The van der Waals surface area contributed by atoms with E-state index in [1.165, 1.54) is 26.2 Å². The summed E-state index contributed by atoms with van der Waals surface area (Å²) in [5.41, 5.74) is 0.905. The van der Waals surface area contributed by atoms with Crippen molar-refractivity contribution in [2.24, 2.45) is 0 Å². The number of benzene rings is 1. The fraction of sp³-hybridized carbons (Fsp3) is 0.364. The third-order valence-electron chi connectivity index (χ3n) is 2.35. The van der Waals surface area contributed by atoms with Crippen molar-refractivity contribution in [3.63, 3.8) is 0 Å². The van der Waals surface area contributed by atoms with Crippen molar-refractivity contribution in [3.05, 3.63) is 29.1 Å². The highest BCUT2D eigenvalue weighted by molar-refractivity contribution is 5.75. The van der Waals surface area contributed by atoms with Crippen LogP contribution >= 0.6 is 0 Å². The van der Waals surface area contributed by atoms with Gasteiger partial charge < -0.3 is 9.84 Å². The Kier molecular flexibility index (Phi) is 3.29. The van der Waals surface area contributed by atoms with E-state index in [-0.39, 0.29) is 5.56 Å². The molecular weight excluding hydrogens is 199 g/mol. The summed E-state index contributed by atoms with van der Waals surface area (Å²) in [6, 6.07) is 2.72. The molecule has 0 spiro atoms. The summed E-state index contributed by atoms with van der Waals surface area (Å²) in [4.78, 5) is 10.7. The van der Waals surface area contributed by atoms with E-state index in [9.17, 15) is 9.18 Å². The molecule has 1 atom stereocenters. The monoisotopic (exact) mass is 212 g/mol. The number of ether oxygens (including phenoxy) is 1. The molecule has 0 aliphatic carbocycles. The molecule has 0 saturated heterocycles. The summed E-state index contributed by atoms with van der Waals surface area (Å²) in [5.74, 6) is -2.02. The minimum absolute atomic E-state index is 0.181. The summed E-state index contributed by atoms with van der Waals surface area (Å²) in [5, 5.41) is 8.78. The Balaban J connectivity index is 3.21. The van der Waals surface area contributed by atoms with Crippen LogP contribution in [-0.4, -0.2) is 18.2 Å². The maximum absolute atomic E-state index is 13.5. The smallest absolute Gasteiger partial charge is 0.310 e. The van der Waals surface area contributed by atoms with Gasteiger partial charge in [0.05, 0.1) is 13.0 Å². The molecule has 3 nitrogen and oxygen atoms in total. The average molecular weight is 212 g/mol. The molecule has 1 N–H and O–H groups in total. The molecule has 0 heterocycles. The highest BCUT2D eigenvalue weighted by atomic mass is 19.1. The summed E-state index contributed by atoms with van der Waals surface area (Å²) in [7, 11) is 1.45. The molecule has 1 rings (SSSR count). The van der Waals surface area contributed by atoms with E-state index in [4.69, 9.17) is 9.84 Å². The van der Waals surface area contributed by atoms with E-state index in [1.54, 1.807) is 6.92 Å². The minimum Gasteiger partial charge on any atom is -0.496 e. The van der Waals surface area contributed by atoms with Crippen LogP contribution in [0.3, 0.4) is 0 Å². The van der Waals surface area contributed by atoms with Crippen LogP contribution in [0, 0.1) is 12.7 Å². The number of aryl methyl sites for hydroxylation is 1. The first-order valence-corrected chi connectivity index (χ1v) is 4.54. The predicted octanol–water partition coefficient (Wildman–Crippen LogP) is 2.33. The normalized spacial score (nSPS) is 12.3. The van der Waals surface area contributed by atoms with Gasteiger partial charge in [-0.3, -0.25) is 4.79 Å². The molecule has 0 radical (unpaired) electrons. The maximum atomic E-state index is 13.5. The number of hydrogen-bond donors (Lipinski definition) is 1. The topological polar surface area (TPSA) is 46.5 Å². The van der Waals surface area contributed by atoms with Crippen LogP contribution in [0.5, 0.6) is 5.75 Å². The number of carbonyl (C=O) groups is 1. The van der Waals surface area contributed by atoms with Crippen molar-refractivity contribution < 1.29 is 19.0 Å². The second-order valence-corrected chi connectivity index (χ2v) is 3.40. The van der Waals surface area contributed by atoms with Crippen molar-refractivity contribution >= 4 is 5.97 Å². The molecule has 0 fully saturated rings. The SMILES string of the molecule is COc1cc(F)c(C(C)C(=O)O)cc1C. The van der Waals surface area contributed by atoms with E-state index in [2.05, 4.69) is 0 Å². The van der Waals surface area contributed by atoms with Gasteiger partial charge in [-0.15, -0.1) is 0 Å². The van der Waals surface area contributed by atoms with Crippen molar-refractivity contribution in [1.82, 2.24) is 0 Å². The van der Waals surface area contributed by atoms with Gasteiger partial charge in [0.2, 0.25) is 0 Å². The third kappa shape index (κ3) is 2.26. The lowest BCUT2D eigenvalue weighted by atomic mass is 9.98.